The van der Waals surface area contributed by atoms with E-state index in [1.807, 2.05) is 20.1 Å². The molecule has 0 unspecified atom stereocenters. The number of nitrogens with one attached hydrogen (secondary N) is 2. The first-order valence-electron chi connectivity index (χ1n) is 6.73. The molecular formula is C15H21Cl2N3OS. The molecule has 1 rings (SSSR count). The monoisotopic (exact) mass is 361 g/mol. The fourth-order valence-corrected chi connectivity index (χ4v) is 2.48. The van der Waals surface area contributed by atoms with E-state index in [-0.39, 0.29) is 5.91 Å². The van der Waals surface area contributed by atoms with Crippen molar-refractivity contribution in [3.05, 3.63) is 45.7 Å². The van der Waals surface area contributed by atoms with E-state index in [0.717, 1.165) is 12.3 Å². The van der Waals surface area contributed by atoms with E-state index in [4.69, 9.17) is 28.9 Å². The Morgan fingerprint density at radius 3 is 2.45 bits per heavy atom. The van der Waals surface area contributed by atoms with Gasteiger partial charge in [-0.05, 0) is 38.3 Å². The van der Waals surface area contributed by atoms with Gasteiger partial charge >= 0.3 is 0 Å². The SMILES string of the molecule is CSCCN/C=C(\N)C(C)(C)NC(=O)c1cc(Cl)cc(Cl)c1. The van der Waals surface area contributed by atoms with E-state index in [9.17, 15) is 4.79 Å². The molecule has 0 aliphatic heterocycles. The largest absolute Gasteiger partial charge is 0.399 e. The van der Waals surface area contributed by atoms with Crippen LogP contribution in [0.15, 0.2) is 30.1 Å². The Hall–Kier alpha value is -1.04. The molecule has 122 valence electrons. The van der Waals surface area contributed by atoms with E-state index >= 15 is 0 Å². The molecule has 0 aliphatic carbocycles. The highest BCUT2D eigenvalue weighted by Gasteiger charge is 2.24. The van der Waals surface area contributed by atoms with Crippen LogP contribution < -0.4 is 16.4 Å². The van der Waals surface area contributed by atoms with Crippen LogP contribution >= 0.6 is 35.0 Å². The van der Waals surface area contributed by atoms with Crippen molar-refractivity contribution in [1.29, 1.82) is 0 Å². The molecule has 0 aromatic heterocycles. The third kappa shape index (κ3) is 5.99. The van der Waals surface area contributed by atoms with Gasteiger partial charge in [-0.2, -0.15) is 11.8 Å². The summed E-state index contributed by atoms with van der Waals surface area (Å²) in [4.78, 5) is 12.3. The minimum absolute atomic E-state index is 0.283. The molecule has 0 saturated heterocycles. The Balaban J connectivity index is 2.75. The molecule has 0 radical (unpaired) electrons. The summed E-state index contributed by atoms with van der Waals surface area (Å²) in [7, 11) is 0. The molecule has 0 fully saturated rings. The molecule has 0 atom stereocenters. The number of carbonyl (C=O) groups is 1. The van der Waals surface area contributed by atoms with Gasteiger partial charge in [0.2, 0.25) is 0 Å². The first-order valence-corrected chi connectivity index (χ1v) is 8.88. The molecule has 4 N–H and O–H groups in total. The van der Waals surface area contributed by atoms with E-state index in [1.165, 1.54) is 0 Å². The smallest absolute Gasteiger partial charge is 0.252 e. The Labute approximate surface area is 145 Å². The van der Waals surface area contributed by atoms with Gasteiger partial charge in [-0.15, -0.1) is 0 Å². The lowest BCUT2D eigenvalue weighted by Crippen LogP contribution is -2.47. The van der Waals surface area contributed by atoms with Gasteiger partial charge in [-0.3, -0.25) is 4.79 Å². The fourth-order valence-electron chi connectivity index (χ4n) is 1.64. The van der Waals surface area contributed by atoms with Crippen molar-refractivity contribution in [1.82, 2.24) is 10.6 Å². The average molecular weight is 362 g/mol. The average Bonchev–Trinajstić information content (AvgIpc) is 2.41. The number of nitrogens with two attached hydrogens (primary N) is 1. The number of amides is 1. The predicted octanol–water partition coefficient (Wildman–Crippen LogP) is 3.25. The van der Waals surface area contributed by atoms with Crippen molar-refractivity contribution in [3.63, 3.8) is 0 Å². The summed E-state index contributed by atoms with van der Waals surface area (Å²) < 4.78 is 0. The fraction of sp³-hybridized carbons (Fsp3) is 0.400. The number of benzene rings is 1. The van der Waals surface area contributed by atoms with Gasteiger partial charge in [0.25, 0.3) is 5.91 Å². The summed E-state index contributed by atoms with van der Waals surface area (Å²) in [6.45, 7) is 4.48. The quantitative estimate of drug-likeness (QED) is 0.652. The third-order valence-electron chi connectivity index (χ3n) is 2.98. The molecule has 1 amide bonds. The van der Waals surface area contributed by atoms with Gasteiger partial charge in [-0.1, -0.05) is 23.2 Å². The minimum Gasteiger partial charge on any atom is -0.399 e. The molecule has 22 heavy (non-hydrogen) atoms. The molecule has 0 aliphatic rings. The van der Waals surface area contributed by atoms with Crippen molar-refractivity contribution in [3.8, 4) is 0 Å². The molecule has 0 saturated carbocycles. The van der Waals surface area contributed by atoms with Crippen LogP contribution in [0.5, 0.6) is 0 Å². The lowest BCUT2D eigenvalue weighted by molar-refractivity contribution is 0.0923. The molecule has 4 nitrogen and oxygen atoms in total. The second-order valence-corrected chi connectivity index (χ2v) is 7.14. The van der Waals surface area contributed by atoms with Crippen LogP contribution in [0.3, 0.4) is 0 Å². The van der Waals surface area contributed by atoms with Crippen LogP contribution in [0.4, 0.5) is 0 Å². The summed E-state index contributed by atoms with van der Waals surface area (Å²) in [5.41, 5.74) is 6.28. The van der Waals surface area contributed by atoms with Gasteiger partial charge in [0.15, 0.2) is 0 Å². The Morgan fingerprint density at radius 2 is 1.91 bits per heavy atom. The van der Waals surface area contributed by atoms with E-state index in [1.54, 1.807) is 36.2 Å². The van der Waals surface area contributed by atoms with Crippen molar-refractivity contribution in [2.24, 2.45) is 5.73 Å². The lowest BCUT2D eigenvalue weighted by atomic mass is 10.0. The zero-order valence-electron chi connectivity index (χ0n) is 12.9. The van der Waals surface area contributed by atoms with Crippen molar-refractivity contribution in [2.75, 3.05) is 18.6 Å². The summed E-state index contributed by atoms with van der Waals surface area (Å²) >= 11 is 13.6. The molecule has 0 heterocycles. The molecule has 1 aromatic carbocycles. The topological polar surface area (TPSA) is 67.2 Å². The lowest BCUT2D eigenvalue weighted by Gasteiger charge is -2.27. The van der Waals surface area contributed by atoms with Gasteiger partial charge in [0.1, 0.15) is 0 Å². The summed E-state index contributed by atoms with van der Waals surface area (Å²) in [5.74, 6) is 0.701. The van der Waals surface area contributed by atoms with Crippen molar-refractivity contribution in [2.45, 2.75) is 19.4 Å². The molecule has 7 heteroatoms. The van der Waals surface area contributed by atoms with Gasteiger partial charge in [0.05, 0.1) is 5.54 Å². The zero-order chi connectivity index (χ0) is 16.8. The van der Waals surface area contributed by atoms with Gasteiger partial charge in [-0.25, -0.2) is 0 Å². The summed E-state index contributed by atoms with van der Waals surface area (Å²) in [6, 6.07) is 4.71. The number of carbonyl (C=O) groups excluding carboxylic acids is 1. The van der Waals surface area contributed by atoms with Crippen LogP contribution in [0.25, 0.3) is 0 Å². The van der Waals surface area contributed by atoms with Crippen LogP contribution in [-0.4, -0.2) is 30.0 Å². The first kappa shape index (κ1) is 19.0. The number of hydrogen-bond acceptors (Lipinski definition) is 4. The second-order valence-electron chi connectivity index (χ2n) is 5.28. The number of rotatable bonds is 7. The normalized spacial score (nSPS) is 12.1. The maximum Gasteiger partial charge on any atom is 0.252 e. The van der Waals surface area contributed by atoms with Gasteiger partial charge in [0, 0.05) is 39.8 Å². The zero-order valence-corrected chi connectivity index (χ0v) is 15.2. The minimum atomic E-state index is -0.696. The van der Waals surface area contributed by atoms with E-state index in [0.29, 0.717) is 21.3 Å². The maximum absolute atomic E-state index is 12.3. The highest BCUT2D eigenvalue weighted by atomic mass is 35.5. The van der Waals surface area contributed by atoms with Crippen LogP contribution in [0, 0.1) is 0 Å². The van der Waals surface area contributed by atoms with Crippen molar-refractivity contribution >= 4 is 40.9 Å². The number of halogens is 2. The maximum atomic E-state index is 12.3. The molecule has 0 bridgehead atoms. The highest BCUT2D eigenvalue weighted by molar-refractivity contribution is 7.98. The van der Waals surface area contributed by atoms with Crippen LogP contribution in [-0.2, 0) is 0 Å². The predicted molar refractivity (Wildman–Crippen MR) is 96.7 cm³/mol. The number of hydrogen-bond donors (Lipinski definition) is 3. The summed E-state index contributed by atoms with van der Waals surface area (Å²) in [6.07, 6.45) is 3.76. The molecule has 1 aromatic rings. The number of thioether (sulfide) groups is 1. The van der Waals surface area contributed by atoms with Gasteiger partial charge < -0.3 is 16.4 Å². The third-order valence-corrected chi connectivity index (χ3v) is 4.03. The Bertz CT molecular complexity index is 541. The second kappa shape index (κ2) is 8.56. The van der Waals surface area contributed by atoms with E-state index < -0.39 is 5.54 Å². The highest BCUT2D eigenvalue weighted by Crippen LogP contribution is 2.20. The standard InChI is InChI=1S/C15H21Cl2N3OS/c1-15(2,13(18)9-19-4-5-22-3)20-14(21)10-6-11(16)8-12(17)7-10/h6-9,19H,4-5,18H2,1-3H3,(H,20,21)/b13-9-. The van der Waals surface area contributed by atoms with Crippen LogP contribution in [0.2, 0.25) is 10.0 Å². The first-order chi connectivity index (χ1) is 10.3. The molecule has 0 spiro atoms. The summed E-state index contributed by atoms with van der Waals surface area (Å²) in [5, 5.41) is 6.82. The van der Waals surface area contributed by atoms with Crippen molar-refractivity contribution < 1.29 is 4.79 Å². The van der Waals surface area contributed by atoms with E-state index in [2.05, 4.69) is 10.6 Å². The Morgan fingerprint density at radius 1 is 1.32 bits per heavy atom. The Kier molecular flexibility index (Phi) is 7.39. The van der Waals surface area contributed by atoms with Crippen LogP contribution in [0.1, 0.15) is 24.2 Å². The molecular weight excluding hydrogens is 341 g/mol.